The molecule has 5 rings (SSSR count). The standard InChI is InChI=1S/C26H30N2/c1-28(2)26(20-11-4-3-5-12-20)15-14-21(27)17-24(26)23-16-19-10-6-8-18-9-7-13-22(23)25(18)19/h3-13,21,23-24H,14-17,27H2,1-2H3. The van der Waals surface area contributed by atoms with Crippen LogP contribution in [0.25, 0.3) is 10.8 Å². The van der Waals surface area contributed by atoms with Gasteiger partial charge in [-0.2, -0.15) is 0 Å². The van der Waals surface area contributed by atoms with E-state index >= 15 is 0 Å². The van der Waals surface area contributed by atoms with Gasteiger partial charge in [0.1, 0.15) is 0 Å². The largest absolute Gasteiger partial charge is 0.328 e. The summed E-state index contributed by atoms with van der Waals surface area (Å²) in [7, 11) is 4.53. The molecule has 144 valence electrons. The van der Waals surface area contributed by atoms with Crippen molar-refractivity contribution in [2.45, 2.75) is 43.2 Å². The second kappa shape index (κ2) is 6.72. The molecule has 0 aromatic heterocycles. The van der Waals surface area contributed by atoms with E-state index in [9.17, 15) is 0 Å². The molecular weight excluding hydrogens is 340 g/mol. The molecule has 0 saturated heterocycles. The highest BCUT2D eigenvalue weighted by Gasteiger charge is 2.50. The smallest absolute Gasteiger partial charge is 0.0490 e. The maximum atomic E-state index is 6.58. The first-order chi connectivity index (χ1) is 13.6. The van der Waals surface area contributed by atoms with Gasteiger partial charge in [0.25, 0.3) is 0 Å². The fourth-order valence-electron chi connectivity index (χ4n) is 6.26. The first-order valence-corrected chi connectivity index (χ1v) is 10.6. The molecule has 4 atom stereocenters. The third kappa shape index (κ3) is 2.55. The summed E-state index contributed by atoms with van der Waals surface area (Å²) in [4.78, 5) is 2.49. The van der Waals surface area contributed by atoms with Gasteiger partial charge in [-0.05, 0) is 79.1 Å². The van der Waals surface area contributed by atoms with Gasteiger partial charge in [0.2, 0.25) is 0 Å². The lowest BCUT2D eigenvalue weighted by Gasteiger charge is -2.53. The molecule has 4 unspecified atom stereocenters. The van der Waals surface area contributed by atoms with E-state index in [1.165, 1.54) is 27.5 Å². The Labute approximate surface area is 168 Å². The molecule has 0 spiro atoms. The Balaban J connectivity index is 1.68. The number of nitrogens with two attached hydrogens (primary N) is 1. The van der Waals surface area contributed by atoms with Crippen molar-refractivity contribution in [2.24, 2.45) is 11.7 Å². The molecule has 2 nitrogen and oxygen atoms in total. The normalized spacial score (nSPS) is 29.5. The number of hydrogen-bond acceptors (Lipinski definition) is 2. The van der Waals surface area contributed by atoms with Crippen molar-refractivity contribution in [2.75, 3.05) is 14.1 Å². The monoisotopic (exact) mass is 370 g/mol. The summed E-state index contributed by atoms with van der Waals surface area (Å²) in [6.07, 6.45) is 4.44. The van der Waals surface area contributed by atoms with Crippen molar-refractivity contribution >= 4 is 10.8 Å². The minimum Gasteiger partial charge on any atom is -0.328 e. The molecule has 0 amide bonds. The number of nitrogens with zero attached hydrogens (tertiary/aromatic N) is 1. The highest BCUT2D eigenvalue weighted by molar-refractivity contribution is 5.91. The SMILES string of the molecule is CN(C)C1(c2ccccc2)CCC(N)CC1C1Cc2cccc3cccc1c23. The zero-order valence-electron chi connectivity index (χ0n) is 16.9. The summed E-state index contributed by atoms with van der Waals surface area (Å²) in [5.74, 6) is 1.03. The van der Waals surface area contributed by atoms with Crippen LogP contribution in [0.5, 0.6) is 0 Å². The molecule has 28 heavy (non-hydrogen) atoms. The van der Waals surface area contributed by atoms with E-state index in [1.54, 1.807) is 0 Å². The van der Waals surface area contributed by atoms with E-state index in [4.69, 9.17) is 5.73 Å². The maximum Gasteiger partial charge on any atom is 0.0490 e. The Kier molecular flexibility index (Phi) is 4.30. The lowest BCUT2D eigenvalue weighted by atomic mass is 9.61. The third-order valence-corrected chi connectivity index (χ3v) is 7.49. The van der Waals surface area contributed by atoms with E-state index in [-0.39, 0.29) is 5.54 Å². The Morgan fingerprint density at radius 1 is 0.929 bits per heavy atom. The van der Waals surface area contributed by atoms with E-state index in [2.05, 4.69) is 85.7 Å². The van der Waals surface area contributed by atoms with E-state index < -0.39 is 0 Å². The highest BCUT2D eigenvalue weighted by Crippen LogP contribution is 2.54. The third-order valence-electron chi connectivity index (χ3n) is 7.49. The van der Waals surface area contributed by atoms with Crippen LogP contribution in [0, 0.1) is 5.92 Å². The summed E-state index contributed by atoms with van der Waals surface area (Å²) < 4.78 is 0. The molecule has 3 aromatic carbocycles. The van der Waals surface area contributed by atoms with Gasteiger partial charge in [-0.25, -0.2) is 0 Å². The van der Waals surface area contributed by atoms with Crippen LogP contribution in [-0.4, -0.2) is 25.0 Å². The van der Waals surface area contributed by atoms with Gasteiger partial charge in [-0.1, -0.05) is 66.7 Å². The topological polar surface area (TPSA) is 29.3 Å². The fourth-order valence-corrected chi connectivity index (χ4v) is 6.26. The molecule has 3 aromatic rings. The van der Waals surface area contributed by atoms with Gasteiger partial charge in [-0.15, -0.1) is 0 Å². The molecule has 1 saturated carbocycles. The molecule has 2 heteroatoms. The molecule has 0 bridgehead atoms. The van der Waals surface area contributed by atoms with Crippen molar-refractivity contribution in [3.05, 3.63) is 83.4 Å². The van der Waals surface area contributed by atoms with Crippen molar-refractivity contribution in [1.29, 1.82) is 0 Å². The van der Waals surface area contributed by atoms with Crippen LogP contribution in [-0.2, 0) is 12.0 Å². The molecule has 2 N–H and O–H groups in total. The van der Waals surface area contributed by atoms with Gasteiger partial charge in [0, 0.05) is 11.6 Å². The average Bonchev–Trinajstić information content (AvgIpc) is 3.09. The quantitative estimate of drug-likeness (QED) is 0.698. The lowest BCUT2D eigenvalue weighted by Crippen LogP contribution is -2.54. The summed E-state index contributed by atoms with van der Waals surface area (Å²) in [6, 6.07) is 25.1. The van der Waals surface area contributed by atoms with Gasteiger partial charge in [-0.3, -0.25) is 4.90 Å². The van der Waals surface area contributed by atoms with Crippen LogP contribution < -0.4 is 5.73 Å². The Morgan fingerprint density at radius 2 is 1.68 bits per heavy atom. The second-order valence-electron chi connectivity index (χ2n) is 9.00. The summed E-state index contributed by atoms with van der Waals surface area (Å²) >= 11 is 0. The van der Waals surface area contributed by atoms with Crippen molar-refractivity contribution in [3.8, 4) is 0 Å². The first kappa shape index (κ1) is 17.9. The molecule has 2 aliphatic carbocycles. The maximum absolute atomic E-state index is 6.58. The molecule has 0 radical (unpaired) electrons. The molecule has 2 aliphatic rings. The van der Waals surface area contributed by atoms with E-state index in [0.29, 0.717) is 17.9 Å². The summed E-state index contributed by atoms with van der Waals surface area (Å²) in [6.45, 7) is 0. The minimum absolute atomic E-state index is 0.0337. The number of benzene rings is 3. The summed E-state index contributed by atoms with van der Waals surface area (Å²) in [5, 5.41) is 2.88. The van der Waals surface area contributed by atoms with Crippen LogP contribution in [0.4, 0.5) is 0 Å². The van der Waals surface area contributed by atoms with E-state index in [1.807, 2.05) is 0 Å². The van der Waals surface area contributed by atoms with Gasteiger partial charge >= 0.3 is 0 Å². The summed E-state index contributed by atoms with van der Waals surface area (Å²) in [5.41, 5.74) is 11.1. The predicted octanol–water partition coefficient (Wildman–Crippen LogP) is 5.06. The molecule has 1 fully saturated rings. The zero-order chi connectivity index (χ0) is 19.3. The van der Waals surface area contributed by atoms with Gasteiger partial charge in [0.15, 0.2) is 0 Å². The van der Waals surface area contributed by atoms with Crippen LogP contribution in [0.15, 0.2) is 66.7 Å². The van der Waals surface area contributed by atoms with Gasteiger partial charge in [0.05, 0.1) is 0 Å². The molecule has 0 heterocycles. The average molecular weight is 371 g/mol. The zero-order valence-corrected chi connectivity index (χ0v) is 16.9. The van der Waals surface area contributed by atoms with Crippen LogP contribution in [0.1, 0.15) is 41.9 Å². The number of hydrogen-bond donors (Lipinski definition) is 1. The van der Waals surface area contributed by atoms with E-state index in [0.717, 1.165) is 25.7 Å². The van der Waals surface area contributed by atoms with Crippen molar-refractivity contribution in [1.82, 2.24) is 4.90 Å². The van der Waals surface area contributed by atoms with Crippen LogP contribution in [0.2, 0.25) is 0 Å². The predicted molar refractivity (Wildman–Crippen MR) is 118 cm³/mol. The fraction of sp³-hybridized carbons (Fsp3) is 0.385. The Morgan fingerprint density at radius 3 is 2.43 bits per heavy atom. The van der Waals surface area contributed by atoms with Crippen LogP contribution >= 0.6 is 0 Å². The van der Waals surface area contributed by atoms with Gasteiger partial charge < -0.3 is 5.73 Å². The van der Waals surface area contributed by atoms with Crippen LogP contribution in [0.3, 0.4) is 0 Å². The Hall–Kier alpha value is -2.16. The van der Waals surface area contributed by atoms with Crippen molar-refractivity contribution in [3.63, 3.8) is 0 Å². The Bertz CT molecular complexity index is 988. The minimum atomic E-state index is 0.0337. The molecular formula is C26H30N2. The van der Waals surface area contributed by atoms with Crippen molar-refractivity contribution < 1.29 is 0 Å². The first-order valence-electron chi connectivity index (χ1n) is 10.6. The number of rotatable bonds is 3. The second-order valence-corrected chi connectivity index (χ2v) is 9.00. The lowest BCUT2D eigenvalue weighted by molar-refractivity contribution is 0.0124. The highest BCUT2D eigenvalue weighted by atomic mass is 15.2. The molecule has 0 aliphatic heterocycles.